The molecule has 1 aliphatic heterocycles. The van der Waals surface area contributed by atoms with Gasteiger partial charge in [0.15, 0.2) is 5.75 Å². The molecule has 0 aromatic carbocycles. The lowest BCUT2D eigenvalue weighted by Crippen LogP contribution is -2.42. The van der Waals surface area contributed by atoms with Crippen molar-refractivity contribution in [3.63, 3.8) is 0 Å². The van der Waals surface area contributed by atoms with Crippen molar-refractivity contribution in [3.05, 3.63) is 0 Å². The van der Waals surface area contributed by atoms with E-state index in [9.17, 15) is 26.4 Å². The van der Waals surface area contributed by atoms with E-state index >= 15 is 0 Å². The smallest absolute Gasteiger partial charge is 0.341 e. The van der Waals surface area contributed by atoms with Crippen LogP contribution in [0, 0.1) is 0 Å². The van der Waals surface area contributed by atoms with E-state index in [4.69, 9.17) is 5.73 Å². The highest BCUT2D eigenvalue weighted by atomic mass is 32.2. The van der Waals surface area contributed by atoms with Crippen LogP contribution >= 0.6 is 0 Å². The number of nitrogens with one attached hydrogen (secondary N) is 1. The molecule has 0 spiro atoms. The van der Waals surface area contributed by atoms with Crippen LogP contribution in [0.4, 0.5) is 13.2 Å². The van der Waals surface area contributed by atoms with Gasteiger partial charge in [-0.05, 0) is 25.7 Å². The number of amides is 1. The Hall–Kier alpha value is -0.870. The van der Waals surface area contributed by atoms with Crippen LogP contribution in [0.2, 0.25) is 0 Å². The molecule has 1 heterocycles. The Bertz CT molecular complexity index is 447. The number of hydrogen-bond donors (Lipinski definition) is 2. The van der Waals surface area contributed by atoms with Crippen molar-refractivity contribution in [3.8, 4) is 0 Å². The molecule has 1 atom stereocenters. The van der Waals surface area contributed by atoms with E-state index in [1.54, 1.807) is 4.90 Å². The molecule has 1 saturated heterocycles. The normalized spacial score (nSPS) is 18.0. The SMILES string of the molecule is NC(CCCNS(=O)(=O)CC(F)(F)F)C(=O)N1CCCC1. The molecule has 1 aliphatic rings. The minimum atomic E-state index is -4.77. The molecular weight excluding hydrogens is 311 g/mol. The summed E-state index contributed by atoms with van der Waals surface area (Å²) in [6.45, 7) is 1.18. The van der Waals surface area contributed by atoms with Gasteiger partial charge >= 0.3 is 6.18 Å². The Balaban J connectivity index is 2.25. The largest absolute Gasteiger partial charge is 0.404 e. The predicted molar refractivity (Wildman–Crippen MR) is 70.9 cm³/mol. The Morgan fingerprint density at radius 1 is 1.29 bits per heavy atom. The number of rotatable bonds is 7. The highest BCUT2D eigenvalue weighted by Gasteiger charge is 2.34. The zero-order valence-corrected chi connectivity index (χ0v) is 12.3. The van der Waals surface area contributed by atoms with Gasteiger partial charge < -0.3 is 10.6 Å². The first-order valence-electron chi connectivity index (χ1n) is 6.69. The lowest BCUT2D eigenvalue weighted by Gasteiger charge is -2.20. The molecule has 1 amide bonds. The molecule has 0 aliphatic carbocycles. The number of hydrogen-bond acceptors (Lipinski definition) is 4. The second-order valence-corrected chi connectivity index (χ2v) is 6.86. The number of likely N-dealkylation sites (tertiary alicyclic amines) is 1. The van der Waals surface area contributed by atoms with Gasteiger partial charge in [-0.1, -0.05) is 0 Å². The van der Waals surface area contributed by atoms with Gasteiger partial charge in [0.2, 0.25) is 15.9 Å². The van der Waals surface area contributed by atoms with E-state index in [0.717, 1.165) is 12.8 Å². The van der Waals surface area contributed by atoms with Crippen molar-refractivity contribution >= 4 is 15.9 Å². The summed E-state index contributed by atoms with van der Waals surface area (Å²) in [5, 5.41) is 0. The average molecular weight is 331 g/mol. The predicted octanol–water partition coefficient (Wildman–Crippen LogP) is 0.198. The van der Waals surface area contributed by atoms with Crippen molar-refractivity contribution in [2.45, 2.75) is 37.9 Å². The van der Waals surface area contributed by atoms with E-state index in [0.29, 0.717) is 13.1 Å². The van der Waals surface area contributed by atoms with Crippen molar-refractivity contribution in [2.75, 3.05) is 25.4 Å². The second-order valence-electron chi connectivity index (χ2n) is 5.05. The summed E-state index contributed by atoms with van der Waals surface area (Å²) in [6.07, 6.45) is -2.46. The summed E-state index contributed by atoms with van der Waals surface area (Å²) in [4.78, 5) is 13.5. The van der Waals surface area contributed by atoms with Crippen LogP contribution in [-0.2, 0) is 14.8 Å². The molecule has 0 bridgehead atoms. The number of halogens is 3. The molecule has 124 valence electrons. The molecule has 3 N–H and O–H groups in total. The zero-order chi connectivity index (χ0) is 16.1. The fourth-order valence-corrected chi connectivity index (χ4v) is 3.10. The van der Waals surface area contributed by atoms with Crippen molar-refractivity contribution in [1.82, 2.24) is 9.62 Å². The van der Waals surface area contributed by atoms with Gasteiger partial charge in [-0.15, -0.1) is 0 Å². The van der Waals surface area contributed by atoms with Crippen LogP contribution in [0.1, 0.15) is 25.7 Å². The maximum absolute atomic E-state index is 12.0. The summed E-state index contributed by atoms with van der Waals surface area (Å²) in [7, 11) is -4.38. The first-order chi connectivity index (χ1) is 9.61. The number of carbonyl (C=O) groups is 1. The lowest BCUT2D eigenvalue weighted by atomic mass is 10.1. The van der Waals surface area contributed by atoms with E-state index in [1.807, 2.05) is 4.72 Å². The molecule has 1 fully saturated rings. The number of carbonyl (C=O) groups excluding carboxylic acids is 1. The molecule has 0 radical (unpaired) electrons. The topological polar surface area (TPSA) is 92.5 Å². The fraction of sp³-hybridized carbons (Fsp3) is 0.909. The molecule has 1 rings (SSSR count). The number of sulfonamides is 1. The number of alkyl halides is 3. The van der Waals surface area contributed by atoms with Gasteiger partial charge in [0.1, 0.15) is 0 Å². The third-order valence-corrected chi connectivity index (χ3v) is 4.45. The van der Waals surface area contributed by atoms with Crippen LogP contribution in [0.5, 0.6) is 0 Å². The van der Waals surface area contributed by atoms with Crippen molar-refractivity contribution in [2.24, 2.45) is 5.73 Å². The summed E-state index contributed by atoms with van der Waals surface area (Å²) in [5.74, 6) is -2.09. The quantitative estimate of drug-likeness (QED) is 0.652. The molecule has 1 unspecified atom stereocenters. The van der Waals surface area contributed by atoms with Crippen molar-refractivity contribution in [1.29, 1.82) is 0 Å². The Labute approximate surface area is 121 Å². The molecule has 0 aromatic rings. The maximum Gasteiger partial charge on any atom is 0.404 e. The van der Waals surface area contributed by atoms with E-state index < -0.39 is 28.0 Å². The highest BCUT2D eigenvalue weighted by molar-refractivity contribution is 7.89. The summed E-state index contributed by atoms with van der Waals surface area (Å²) in [5.41, 5.74) is 5.70. The molecule has 0 saturated carbocycles. The first kappa shape index (κ1) is 18.2. The third kappa shape index (κ3) is 7.09. The molecular formula is C11H20F3N3O3S. The van der Waals surface area contributed by atoms with Crippen LogP contribution in [0.15, 0.2) is 0 Å². The Kier molecular flexibility index (Phi) is 6.41. The second kappa shape index (κ2) is 7.41. The third-order valence-electron chi connectivity index (χ3n) is 3.10. The first-order valence-corrected chi connectivity index (χ1v) is 8.34. The maximum atomic E-state index is 12.0. The summed E-state index contributed by atoms with van der Waals surface area (Å²) < 4.78 is 60.0. The summed E-state index contributed by atoms with van der Waals surface area (Å²) >= 11 is 0. The lowest BCUT2D eigenvalue weighted by molar-refractivity contribution is -0.131. The van der Waals surface area contributed by atoms with Gasteiger partial charge in [-0.3, -0.25) is 4.79 Å². The van der Waals surface area contributed by atoms with Crippen LogP contribution in [0.3, 0.4) is 0 Å². The van der Waals surface area contributed by atoms with Gasteiger partial charge in [-0.2, -0.15) is 13.2 Å². The Morgan fingerprint density at radius 3 is 2.38 bits per heavy atom. The molecule has 21 heavy (non-hydrogen) atoms. The van der Waals surface area contributed by atoms with Gasteiger partial charge in [0.25, 0.3) is 0 Å². The molecule has 0 aromatic heterocycles. The zero-order valence-electron chi connectivity index (χ0n) is 11.5. The molecule has 10 heteroatoms. The van der Waals surface area contributed by atoms with Crippen LogP contribution in [-0.4, -0.2) is 56.8 Å². The average Bonchev–Trinajstić information content (AvgIpc) is 2.84. The standard InChI is InChI=1S/C11H20F3N3O3S/c12-11(13,14)8-21(19,20)16-5-3-4-9(15)10(18)17-6-1-2-7-17/h9,16H,1-8,15H2. The van der Waals surface area contributed by atoms with E-state index in [1.165, 1.54) is 0 Å². The van der Waals surface area contributed by atoms with Gasteiger partial charge in [0.05, 0.1) is 6.04 Å². The van der Waals surface area contributed by atoms with E-state index in [2.05, 4.69) is 0 Å². The van der Waals surface area contributed by atoms with E-state index in [-0.39, 0.29) is 25.3 Å². The van der Waals surface area contributed by atoms with Gasteiger partial charge in [0, 0.05) is 19.6 Å². The number of nitrogens with zero attached hydrogens (tertiary/aromatic N) is 1. The Morgan fingerprint density at radius 2 is 1.86 bits per heavy atom. The monoisotopic (exact) mass is 331 g/mol. The number of nitrogens with two attached hydrogens (primary N) is 1. The van der Waals surface area contributed by atoms with Crippen molar-refractivity contribution < 1.29 is 26.4 Å². The highest BCUT2D eigenvalue weighted by Crippen LogP contribution is 2.16. The fourth-order valence-electron chi connectivity index (χ4n) is 2.11. The summed E-state index contributed by atoms with van der Waals surface area (Å²) in [6, 6.07) is -0.741. The minimum Gasteiger partial charge on any atom is -0.341 e. The van der Waals surface area contributed by atoms with Crippen LogP contribution in [0.25, 0.3) is 0 Å². The van der Waals surface area contributed by atoms with Crippen LogP contribution < -0.4 is 10.5 Å². The van der Waals surface area contributed by atoms with Gasteiger partial charge in [-0.25, -0.2) is 13.1 Å². The molecule has 6 nitrogen and oxygen atoms in total. The minimum absolute atomic E-state index is 0.167.